The fourth-order valence-electron chi connectivity index (χ4n) is 2.78. The van der Waals surface area contributed by atoms with Gasteiger partial charge in [0.2, 0.25) is 0 Å². The largest absolute Gasteiger partial charge is 0.388 e. The Labute approximate surface area is 120 Å². The molecule has 104 valence electrons. The van der Waals surface area contributed by atoms with Crippen molar-refractivity contribution >= 4 is 5.69 Å². The van der Waals surface area contributed by atoms with Crippen LogP contribution >= 0.6 is 0 Å². The van der Waals surface area contributed by atoms with Crippen LogP contribution in [0.4, 0.5) is 5.69 Å². The van der Waals surface area contributed by atoms with Gasteiger partial charge >= 0.3 is 0 Å². The lowest BCUT2D eigenvalue weighted by Crippen LogP contribution is -2.13. The first-order chi connectivity index (χ1) is 9.86. The van der Waals surface area contributed by atoms with Crippen molar-refractivity contribution in [2.24, 2.45) is 0 Å². The minimum absolute atomic E-state index is 0.208. The smallest absolute Gasteiger partial charge is 0.0897 e. The number of rotatable bonds is 4. The summed E-state index contributed by atoms with van der Waals surface area (Å²) in [6.07, 6.45) is 5.50. The van der Waals surface area contributed by atoms with Gasteiger partial charge in [-0.05, 0) is 42.5 Å². The number of aromatic nitrogens is 1. The molecule has 1 unspecified atom stereocenters. The Kier molecular flexibility index (Phi) is 3.97. The molecule has 1 aliphatic rings. The van der Waals surface area contributed by atoms with Crippen molar-refractivity contribution in [3.8, 4) is 0 Å². The highest BCUT2D eigenvalue weighted by atomic mass is 16.5. The van der Waals surface area contributed by atoms with Crippen LogP contribution in [-0.2, 0) is 17.8 Å². The summed E-state index contributed by atoms with van der Waals surface area (Å²) in [6.45, 7) is 0.564. The SMILES string of the molecule is CNc1ccnc(COC2CCCc3ccccc32)c1. The number of nitrogens with one attached hydrogen (secondary N) is 1. The molecule has 0 fully saturated rings. The van der Waals surface area contributed by atoms with Gasteiger partial charge in [-0.2, -0.15) is 0 Å². The number of aryl methyl sites for hydroxylation is 1. The average Bonchev–Trinajstić information content (AvgIpc) is 2.53. The molecule has 0 saturated carbocycles. The summed E-state index contributed by atoms with van der Waals surface area (Å²) in [7, 11) is 1.91. The van der Waals surface area contributed by atoms with E-state index < -0.39 is 0 Å². The van der Waals surface area contributed by atoms with Crippen molar-refractivity contribution in [1.29, 1.82) is 0 Å². The summed E-state index contributed by atoms with van der Waals surface area (Å²) < 4.78 is 6.10. The highest BCUT2D eigenvalue weighted by molar-refractivity contribution is 5.42. The van der Waals surface area contributed by atoms with Crippen molar-refractivity contribution in [3.05, 3.63) is 59.4 Å². The number of hydrogen-bond acceptors (Lipinski definition) is 3. The van der Waals surface area contributed by atoms with Crippen LogP contribution in [-0.4, -0.2) is 12.0 Å². The van der Waals surface area contributed by atoms with Crippen LogP contribution in [0.25, 0.3) is 0 Å². The monoisotopic (exact) mass is 268 g/mol. The topological polar surface area (TPSA) is 34.2 Å². The first-order valence-corrected chi connectivity index (χ1v) is 7.19. The molecule has 1 heterocycles. The fourth-order valence-corrected chi connectivity index (χ4v) is 2.78. The summed E-state index contributed by atoms with van der Waals surface area (Å²) >= 11 is 0. The molecule has 0 saturated heterocycles. The van der Waals surface area contributed by atoms with Gasteiger partial charge in [-0.1, -0.05) is 24.3 Å². The third-order valence-corrected chi connectivity index (χ3v) is 3.85. The summed E-state index contributed by atoms with van der Waals surface area (Å²) in [4.78, 5) is 4.36. The maximum Gasteiger partial charge on any atom is 0.0897 e. The Balaban J connectivity index is 1.70. The lowest BCUT2D eigenvalue weighted by atomic mass is 9.89. The number of ether oxygens (including phenoxy) is 1. The number of nitrogens with zero attached hydrogens (tertiary/aromatic N) is 1. The van der Waals surface area contributed by atoms with Gasteiger partial charge in [-0.25, -0.2) is 0 Å². The van der Waals surface area contributed by atoms with E-state index >= 15 is 0 Å². The first-order valence-electron chi connectivity index (χ1n) is 7.19. The molecule has 2 aromatic rings. The molecule has 0 spiro atoms. The molecule has 1 N–H and O–H groups in total. The Morgan fingerprint density at radius 3 is 3.10 bits per heavy atom. The average molecular weight is 268 g/mol. The van der Waals surface area contributed by atoms with Gasteiger partial charge in [0.1, 0.15) is 0 Å². The zero-order valence-electron chi connectivity index (χ0n) is 11.8. The molecule has 0 aliphatic heterocycles. The Bertz CT molecular complexity index is 583. The molecule has 20 heavy (non-hydrogen) atoms. The zero-order chi connectivity index (χ0) is 13.8. The van der Waals surface area contributed by atoms with E-state index in [4.69, 9.17) is 4.74 Å². The molecule has 3 nitrogen and oxygen atoms in total. The van der Waals surface area contributed by atoms with Gasteiger partial charge in [0.15, 0.2) is 0 Å². The van der Waals surface area contributed by atoms with Gasteiger partial charge in [0.05, 0.1) is 18.4 Å². The van der Waals surface area contributed by atoms with Gasteiger partial charge in [0, 0.05) is 18.9 Å². The number of benzene rings is 1. The second kappa shape index (κ2) is 6.06. The molecular weight excluding hydrogens is 248 g/mol. The highest BCUT2D eigenvalue weighted by Gasteiger charge is 2.20. The number of fused-ring (bicyclic) bond motifs is 1. The van der Waals surface area contributed by atoms with E-state index in [2.05, 4.69) is 34.6 Å². The summed E-state index contributed by atoms with van der Waals surface area (Å²) in [6, 6.07) is 12.6. The van der Waals surface area contributed by atoms with Crippen LogP contribution < -0.4 is 5.32 Å². The molecule has 3 rings (SSSR count). The second-order valence-electron chi connectivity index (χ2n) is 5.18. The predicted octanol–water partition coefficient (Wildman–Crippen LogP) is 3.72. The van der Waals surface area contributed by atoms with Crippen molar-refractivity contribution in [3.63, 3.8) is 0 Å². The van der Waals surface area contributed by atoms with E-state index in [1.807, 2.05) is 25.4 Å². The van der Waals surface area contributed by atoms with E-state index in [1.54, 1.807) is 0 Å². The van der Waals surface area contributed by atoms with E-state index in [0.717, 1.165) is 17.8 Å². The lowest BCUT2D eigenvalue weighted by Gasteiger charge is -2.25. The van der Waals surface area contributed by atoms with Crippen LogP contribution in [0.15, 0.2) is 42.6 Å². The van der Waals surface area contributed by atoms with Gasteiger partial charge in [-0.15, -0.1) is 0 Å². The molecular formula is C17H20N2O. The normalized spacial score (nSPS) is 17.6. The van der Waals surface area contributed by atoms with Crippen LogP contribution in [0.1, 0.15) is 35.8 Å². The third-order valence-electron chi connectivity index (χ3n) is 3.85. The van der Waals surface area contributed by atoms with Gasteiger partial charge in [0.25, 0.3) is 0 Å². The number of pyridine rings is 1. The van der Waals surface area contributed by atoms with E-state index in [-0.39, 0.29) is 6.10 Å². The number of hydrogen-bond donors (Lipinski definition) is 1. The van der Waals surface area contributed by atoms with Crippen molar-refractivity contribution in [2.75, 3.05) is 12.4 Å². The minimum atomic E-state index is 0.208. The maximum absolute atomic E-state index is 6.10. The quantitative estimate of drug-likeness (QED) is 0.917. The van der Waals surface area contributed by atoms with E-state index in [9.17, 15) is 0 Å². The molecule has 1 aliphatic carbocycles. The van der Waals surface area contributed by atoms with Crippen molar-refractivity contribution in [2.45, 2.75) is 32.0 Å². The first kappa shape index (κ1) is 13.1. The van der Waals surface area contributed by atoms with Crippen LogP contribution in [0.2, 0.25) is 0 Å². The van der Waals surface area contributed by atoms with Crippen molar-refractivity contribution < 1.29 is 4.74 Å². The van der Waals surface area contributed by atoms with Crippen molar-refractivity contribution in [1.82, 2.24) is 4.98 Å². The Morgan fingerprint density at radius 2 is 2.20 bits per heavy atom. The van der Waals surface area contributed by atoms with E-state index in [1.165, 1.54) is 24.0 Å². The summed E-state index contributed by atoms with van der Waals surface area (Å²) in [5.74, 6) is 0. The minimum Gasteiger partial charge on any atom is -0.388 e. The standard InChI is InChI=1S/C17H20N2O/c1-18-14-9-10-19-15(11-14)12-20-17-8-4-6-13-5-2-3-7-16(13)17/h2-3,5,7,9-11,17H,4,6,8,12H2,1H3,(H,18,19). The van der Waals surface area contributed by atoms with Crippen LogP contribution in [0.3, 0.4) is 0 Å². The Hall–Kier alpha value is -1.87. The highest BCUT2D eigenvalue weighted by Crippen LogP contribution is 2.32. The number of anilines is 1. The maximum atomic E-state index is 6.10. The molecule has 1 atom stereocenters. The van der Waals surface area contributed by atoms with Gasteiger partial charge < -0.3 is 10.1 Å². The summed E-state index contributed by atoms with van der Waals surface area (Å²) in [5, 5.41) is 3.13. The van der Waals surface area contributed by atoms with Crippen LogP contribution in [0, 0.1) is 0 Å². The van der Waals surface area contributed by atoms with Gasteiger partial charge in [-0.3, -0.25) is 4.98 Å². The molecule has 0 bridgehead atoms. The Morgan fingerprint density at radius 1 is 1.30 bits per heavy atom. The summed E-state index contributed by atoms with van der Waals surface area (Å²) in [5.41, 5.74) is 4.83. The molecule has 1 aromatic heterocycles. The second-order valence-corrected chi connectivity index (χ2v) is 5.18. The van der Waals surface area contributed by atoms with E-state index in [0.29, 0.717) is 6.61 Å². The third kappa shape index (κ3) is 2.83. The fraction of sp³-hybridized carbons (Fsp3) is 0.353. The molecule has 0 radical (unpaired) electrons. The molecule has 3 heteroatoms. The molecule has 0 amide bonds. The zero-order valence-corrected chi connectivity index (χ0v) is 11.8. The molecule has 1 aromatic carbocycles. The predicted molar refractivity (Wildman–Crippen MR) is 80.7 cm³/mol. The van der Waals surface area contributed by atoms with Crippen LogP contribution in [0.5, 0.6) is 0 Å². The lowest BCUT2D eigenvalue weighted by molar-refractivity contribution is 0.0265.